The number of esters is 1. The summed E-state index contributed by atoms with van der Waals surface area (Å²) >= 11 is 0. The normalized spacial score (nSPS) is 13.3. The van der Waals surface area contributed by atoms with Crippen molar-refractivity contribution in [1.29, 1.82) is 0 Å². The smallest absolute Gasteiger partial charge is 0.338 e. The maximum absolute atomic E-state index is 12.4. The Balaban J connectivity index is 1.38. The van der Waals surface area contributed by atoms with Gasteiger partial charge in [-0.05, 0) is 73.1 Å². The highest BCUT2D eigenvalue weighted by Gasteiger charge is 2.17. The molecule has 3 aromatic rings. The summed E-state index contributed by atoms with van der Waals surface area (Å²) in [4.78, 5) is 28.0. The van der Waals surface area contributed by atoms with Gasteiger partial charge in [0.2, 0.25) is 0 Å². The first kappa shape index (κ1) is 19.2. The van der Waals surface area contributed by atoms with Crippen molar-refractivity contribution in [2.45, 2.75) is 45.4 Å². The molecule has 0 aliphatic heterocycles. The number of H-pyrrole nitrogens is 1. The summed E-state index contributed by atoms with van der Waals surface area (Å²) < 4.78 is 5.23. The number of fused-ring (bicyclic) bond motifs is 3. The fourth-order valence-electron chi connectivity index (χ4n) is 3.90. The maximum Gasteiger partial charge on any atom is 0.338 e. The van der Waals surface area contributed by atoms with Crippen LogP contribution in [0.2, 0.25) is 0 Å². The molecule has 1 aliphatic rings. The first-order valence-corrected chi connectivity index (χ1v) is 10.2. The molecule has 29 heavy (non-hydrogen) atoms. The molecular formula is C24H26N2O3. The number of rotatable bonds is 5. The molecule has 0 saturated heterocycles. The van der Waals surface area contributed by atoms with Gasteiger partial charge in [0.05, 0.1) is 5.56 Å². The molecule has 2 N–H and O–H groups in total. The molecule has 150 valence electrons. The molecule has 4 rings (SSSR count). The number of nitrogens with one attached hydrogen (secondary N) is 2. The fraction of sp³-hybridized carbons (Fsp3) is 0.333. The molecule has 5 heteroatoms. The number of amides is 1. The third kappa shape index (κ3) is 4.19. The van der Waals surface area contributed by atoms with Crippen LogP contribution in [0, 0.1) is 0 Å². The summed E-state index contributed by atoms with van der Waals surface area (Å²) in [5, 5.41) is 3.85. The molecule has 0 spiro atoms. The molecule has 1 aliphatic carbocycles. The number of hydrogen-bond acceptors (Lipinski definition) is 3. The SMILES string of the molecule is CC(C)c1ccc(NC(=O)COC(=O)c2ccc3[nH]c4c(c3c2)CCCC4)cc1. The number of carbonyl (C=O) groups excluding carboxylic acids is 2. The summed E-state index contributed by atoms with van der Waals surface area (Å²) in [6.07, 6.45) is 4.46. The molecule has 0 radical (unpaired) electrons. The minimum absolute atomic E-state index is 0.311. The number of benzene rings is 2. The van der Waals surface area contributed by atoms with E-state index in [0.29, 0.717) is 17.2 Å². The van der Waals surface area contributed by atoms with Crippen molar-refractivity contribution < 1.29 is 14.3 Å². The van der Waals surface area contributed by atoms with Gasteiger partial charge in [0.15, 0.2) is 6.61 Å². The zero-order valence-electron chi connectivity index (χ0n) is 16.9. The number of aryl methyl sites for hydroxylation is 2. The molecule has 0 bridgehead atoms. The van der Waals surface area contributed by atoms with Crippen LogP contribution in [-0.4, -0.2) is 23.5 Å². The molecule has 1 heterocycles. The van der Waals surface area contributed by atoms with Gasteiger partial charge in [-0.15, -0.1) is 0 Å². The van der Waals surface area contributed by atoms with Crippen LogP contribution in [0.3, 0.4) is 0 Å². The highest BCUT2D eigenvalue weighted by Crippen LogP contribution is 2.29. The standard InChI is InChI=1S/C24H26N2O3/c1-15(2)16-7-10-18(11-8-16)25-23(27)14-29-24(28)17-9-12-22-20(13-17)19-5-3-4-6-21(19)26-22/h7-13,15,26H,3-6,14H2,1-2H3,(H,25,27). The van der Waals surface area contributed by atoms with Gasteiger partial charge in [-0.3, -0.25) is 4.79 Å². The lowest BCUT2D eigenvalue weighted by atomic mass is 9.95. The van der Waals surface area contributed by atoms with E-state index in [2.05, 4.69) is 24.1 Å². The Labute approximate surface area is 170 Å². The lowest BCUT2D eigenvalue weighted by Gasteiger charge is -2.11. The molecule has 0 atom stereocenters. The van der Waals surface area contributed by atoms with E-state index >= 15 is 0 Å². The third-order valence-corrected chi connectivity index (χ3v) is 5.53. The Morgan fingerprint density at radius 1 is 1.07 bits per heavy atom. The van der Waals surface area contributed by atoms with Crippen LogP contribution in [0.15, 0.2) is 42.5 Å². The molecule has 0 unspecified atom stereocenters. The summed E-state index contributed by atoms with van der Waals surface area (Å²) in [6, 6.07) is 13.2. The van der Waals surface area contributed by atoms with Crippen LogP contribution in [0.25, 0.3) is 10.9 Å². The van der Waals surface area contributed by atoms with Crippen molar-refractivity contribution in [2.24, 2.45) is 0 Å². The van der Waals surface area contributed by atoms with Crippen LogP contribution in [-0.2, 0) is 22.4 Å². The Morgan fingerprint density at radius 2 is 1.83 bits per heavy atom. The first-order chi connectivity index (χ1) is 14.0. The van der Waals surface area contributed by atoms with Crippen LogP contribution in [0.4, 0.5) is 5.69 Å². The van der Waals surface area contributed by atoms with Crippen molar-refractivity contribution in [3.05, 3.63) is 64.8 Å². The Hall–Kier alpha value is -3.08. The second-order valence-corrected chi connectivity index (χ2v) is 7.95. The lowest BCUT2D eigenvalue weighted by Crippen LogP contribution is -2.20. The van der Waals surface area contributed by atoms with E-state index in [1.807, 2.05) is 36.4 Å². The first-order valence-electron chi connectivity index (χ1n) is 10.2. The van der Waals surface area contributed by atoms with Gasteiger partial charge in [0.1, 0.15) is 0 Å². The number of aromatic amines is 1. The zero-order valence-corrected chi connectivity index (χ0v) is 16.9. The van der Waals surface area contributed by atoms with Crippen molar-refractivity contribution in [1.82, 2.24) is 4.98 Å². The van der Waals surface area contributed by atoms with E-state index in [1.54, 1.807) is 6.07 Å². The van der Waals surface area contributed by atoms with E-state index < -0.39 is 5.97 Å². The predicted octanol–water partition coefficient (Wildman–Crippen LogP) is 4.97. The van der Waals surface area contributed by atoms with Gasteiger partial charge in [-0.1, -0.05) is 26.0 Å². The van der Waals surface area contributed by atoms with Crippen molar-refractivity contribution in [2.75, 3.05) is 11.9 Å². The summed E-state index contributed by atoms with van der Waals surface area (Å²) in [5.74, 6) is -0.401. The second kappa shape index (κ2) is 8.11. The largest absolute Gasteiger partial charge is 0.452 e. The van der Waals surface area contributed by atoms with E-state index in [-0.39, 0.29) is 12.5 Å². The highest BCUT2D eigenvalue weighted by atomic mass is 16.5. The molecule has 1 amide bonds. The number of hydrogen-bond donors (Lipinski definition) is 2. The molecule has 5 nitrogen and oxygen atoms in total. The van der Waals surface area contributed by atoms with Gasteiger partial charge in [-0.25, -0.2) is 4.79 Å². The zero-order chi connectivity index (χ0) is 20.4. The fourth-order valence-corrected chi connectivity index (χ4v) is 3.90. The minimum Gasteiger partial charge on any atom is -0.452 e. The van der Waals surface area contributed by atoms with Gasteiger partial charge >= 0.3 is 5.97 Å². The van der Waals surface area contributed by atoms with Gasteiger partial charge in [0.25, 0.3) is 5.91 Å². The van der Waals surface area contributed by atoms with Gasteiger partial charge in [0, 0.05) is 22.3 Å². The topological polar surface area (TPSA) is 71.2 Å². The minimum atomic E-state index is -0.483. The van der Waals surface area contributed by atoms with E-state index in [9.17, 15) is 9.59 Å². The van der Waals surface area contributed by atoms with Crippen molar-refractivity contribution in [3.8, 4) is 0 Å². The predicted molar refractivity (Wildman–Crippen MR) is 114 cm³/mol. The second-order valence-electron chi connectivity index (χ2n) is 7.95. The number of ether oxygens (including phenoxy) is 1. The van der Waals surface area contributed by atoms with E-state index in [1.165, 1.54) is 29.7 Å². The van der Waals surface area contributed by atoms with Crippen LogP contribution >= 0.6 is 0 Å². The lowest BCUT2D eigenvalue weighted by molar-refractivity contribution is -0.119. The average molecular weight is 390 g/mol. The Morgan fingerprint density at radius 3 is 2.59 bits per heavy atom. The molecule has 2 aromatic carbocycles. The maximum atomic E-state index is 12.4. The molecule has 0 fully saturated rings. The number of anilines is 1. The Kier molecular flexibility index (Phi) is 5.38. The highest BCUT2D eigenvalue weighted by molar-refractivity contribution is 5.98. The van der Waals surface area contributed by atoms with Crippen LogP contribution in [0.1, 0.15) is 59.8 Å². The molecular weight excluding hydrogens is 364 g/mol. The van der Waals surface area contributed by atoms with Gasteiger partial charge in [-0.2, -0.15) is 0 Å². The third-order valence-electron chi connectivity index (χ3n) is 5.53. The Bertz CT molecular complexity index is 1050. The van der Waals surface area contributed by atoms with E-state index in [4.69, 9.17) is 4.74 Å². The van der Waals surface area contributed by atoms with Crippen molar-refractivity contribution in [3.63, 3.8) is 0 Å². The van der Waals surface area contributed by atoms with Crippen LogP contribution < -0.4 is 5.32 Å². The number of aromatic nitrogens is 1. The summed E-state index contributed by atoms with van der Waals surface area (Å²) in [5.41, 5.74) is 6.01. The average Bonchev–Trinajstić information content (AvgIpc) is 3.10. The summed E-state index contributed by atoms with van der Waals surface area (Å²) in [6.45, 7) is 3.93. The van der Waals surface area contributed by atoms with E-state index in [0.717, 1.165) is 23.7 Å². The monoisotopic (exact) mass is 390 g/mol. The molecule has 1 aromatic heterocycles. The van der Waals surface area contributed by atoms with Crippen LogP contribution in [0.5, 0.6) is 0 Å². The number of carbonyl (C=O) groups is 2. The van der Waals surface area contributed by atoms with Crippen molar-refractivity contribution >= 4 is 28.5 Å². The van der Waals surface area contributed by atoms with Gasteiger partial charge < -0.3 is 15.0 Å². The quantitative estimate of drug-likeness (QED) is 0.605. The molecule has 0 saturated carbocycles. The summed E-state index contributed by atoms with van der Waals surface area (Å²) in [7, 11) is 0.